The first-order chi connectivity index (χ1) is 10.0. The number of nitrogens with zero attached hydrogens (tertiary/aromatic N) is 1. The summed E-state index contributed by atoms with van der Waals surface area (Å²) >= 11 is 17.7. The molecule has 0 bridgehead atoms. The van der Waals surface area contributed by atoms with E-state index in [0.717, 1.165) is 38.0 Å². The molecule has 21 heavy (non-hydrogen) atoms. The maximum absolute atomic E-state index is 11.3. The third-order valence-electron chi connectivity index (χ3n) is 3.92. The van der Waals surface area contributed by atoms with Crippen molar-refractivity contribution in [3.05, 3.63) is 33.3 Å². The van der Waals surface area contributed by atoms with Gasteiger partial charge in [0.05, 0.1) is 10.0 Å². The van der Waals surface area contributed by atoms with Gasteiger partial charge in [0.15, 0.2) is 0 Å². The SMILES string of the molecule is Cc1c(CN2CCC(NC(=O)CCl)CC2)ccc(Cl)c1Cl. The Hall–Kier alpha value is -0.480. The number of carbonyl (C=O) groups excluding carboxylic acids is 1. The molecule has 1 aromatic rings. The third kappa shape index (κ3) is 4.49. The van der Waals surface area contributed by atoms with Gasteiger partial charge in [-0.05, 0) is 37.0 Å². The van der Waals surface area contributed by atoms with E-state index in [1.54, 1.807) is 0 Å². The lowest BCUT2D eigenvalue weighted by atomic mass is 10.0. The van der Waals surface area contributed by atoms with Gasteiger partial charge >= 0.3 is 0 Å². The molecule has 0 aromatic heterocycles. The highest BCUT2D eigenvalue weighted by Gasteiger charge is 2.21. The van der Waals surface area contributed by atoms with E-state index in [0.29, 0.717) is 10.0 Å². The fraction of sp³-hybridized carbons (Fsp3) is 0.533. The van der Waals surface area contributed by atoms with E-state index in [2.05, 4.69) is 10.2 Å². The van der Waals surface area contributed by atoms with Crippen molar-refractivity contribution in [3.8, 4) is 0 Å². The predicted octanol–water partition coefficient (Wildman–Crippen LogP) is 3.62. The van der Waals surface area contributed by atoms with Crippen LogP contribution in [0.25, 0.3) is 0 Å². The molecule has 2 rings (SSSR count). The Kier molecular flexibility index (Phi) is 6.18. The highest BCUT2D eigenvalue weighted by Crippen LogP contribution is 2.29. The van der Waals surface area contributed by atoms with Crippen LogP contribution < -0.4 is 5.32 Å². The van der Waals surface area contributed by atoms with Crippen LogP contribution in [0.5, 0.6) is 0 Å². The molecule has 0 spiro atoms. The van der Waals surface area contributed by atoms with Crippen LogP contribution in [-0.4, -0.2) is 35.8 Å². The maximum atomic E-state index is 11.3. The van der Waals surface area contributed by atoms with E-state index in [1.807, 2.05) is 19.1 Å². The number of piperidine rings is 1. The third-order valence-corrected chi connectivity index (χ3v) is 5.06. The Balaban J connectivity index is 1.89. The van der Waals surface area contributed by atoms with Gasteiger partial charge in [0.25, 0.3) is 0 Å². The Morgan fingerprint density at radius 2 is 2.00 bits per heavy atom. The van der Waals surface area contributed by atoms with Crippen molar-refractivity contribution in [2.75, 3.05) is 19.0 Å². The predicted molar refractivity (Wildman–Crippen MR) is 88.4 cm³/mol. The van der Waals surface area contributed by atoms with Crippen LogP contribution in [0, 0.1) is 6.92 Å². The van der Waals surface area contributed by atoms with Gasteiger partial charge in [-0.3, -0.25) is 9.69 Å². The van der Waals surface area contributed by atoms with Gasteiger partial charge in [0, 0.05) is 25.7 Å². The van der Waals surface area contributed by atoms with Crippen molar-refractivity contribution in [3.63, 3.8) is 0 Å². The maximum Gasteiger partial charge on any atom is 0.235 e. The largest absolute Gasteiger partial charge is 0.352 e. The smallest absolute Gasteiger partial charge is 0.235 e. The zero-order valence-corrected chi connectivity index (χ0v) is 14.2. The molecule has 1 N–H and O–H groups in total. The number of nitrogens with one attached hydrogen (secondary N) is 1. The highest BCUT2D eigenvalue weighted by atomic mass is 35.5. The normalized spacial score (nSPS) is 17.0. The van der Waals surface area contributed by atoms with E-state index in [4.69, 9.17) is 34.8 Å². The van der Waals surface area contributed by atoms with Crippen molar-refractivity contribution < 1.29 is 4.79 Å². The van der Waals surface area contributed by atoms with E-state index in [9.17, 15) is 4.79 Å². The lowest BCUT2D eigenvalue weighted by Crippen LogP contribution is -2.44. The molecule has 0 aliphatic carbocycles. The summed E-state index contributed by atoms with van der Waals surface area (Å²) in [7, 11) is 0. The number of benzene rings is 1. The minimum atomic E-state index is -0.0876. The first-order valence-corrected chi connectivity index (χ1v) is 8.31. The van der Waals surface area contributed by atoms with Crippen molar-refractivity contribution in [2.45, 2.75) is 32.4 Å². The Labute approximate surface area is 140 Å². The minimum absolute atomic E-state index is 0.0304. The molecule has 0 unspecified atom stereocenters. The van der Waals surface area contributed by atoms with Gasteiger partial charge in [0.2, 0.25) is 5.91 Å². The van der Waals surface area contributed by atoms with Crippen molar-refractivity contribution in [1.29, 1.82) is 0 Å². The average molecular weight is 350 g/mol. The van der Waals surface area contributed by atoms with Crippen LogP contribution in [0.4, 0.5) is 0 Å². The molecule has 1 fully saturated rings. The molecule has 0 radical (unpaired) electrons. The molecule has 1 saturated heterocycles. The van der Waals surface area contributed by atoms with Gasteiger partial charge in [0.1, 0.15) is 5.88 Å². The topological polar surface area (TPSA) is 32.3 Å². The van der Waals surface area contributed by atoms with E-state index in [-0.39, 0.29) is 17.8 Å². The van der Waals surface area contributed by atoms with Crippen LogP contribution >= 0.6 is 34.8 Å². The Bertz CT molecular complexity index is 514. The summed E-state index contributed by atoms with van der Waals surface area (Å²) in [5.74, 6) is -0.0571. The first-order valence-electron chi connectivity index (χ1n) is 7.02. The lowest BCUT2D eigenvalue weighted by molar-refractivity contribution is -0.119. The number of alkyl halides is 1. The first kappa shape index (κ1) is 16.9. The summed E-state index contributed by atoms with van der Waals surface area (Å²) in [6.07, 6.45) is 1.89. The minimum Gasteiger partial charge on any atom is -0.352 e. The number of rotatable bonds is 4. The van der Waals surface area contributed by atoms with Crippen LogP contribution in [-0.2, 0) is 11.3 Å². The molecule has 1 aliphatic heterocycles. The van der Waals surface area contributed by atoms with Crippen molar-refractivity contribution in [2.24, 2.45) is 0 Å². The zero-order chi connectivity index (χ0) is 15.4. The summed E-state index contributed by atoms with van der Waals surface area (Å²) in [4.78, 5) is 13.7. The standard InChI is InChI=1S/C15H19Cl3N2O/c1-10-11(2-3-13(17)15(10)18)9-20-6-4-12(5-7-20)19-14(21)8-16/h2-3,12H,4-9H2,1H3,(H,19,21). The van der Waals surface area contributed by atoms with Crippen LogP contribution in [0.2, 0.25) is 10.0 Å². The monoisotopic (exact) mass is 348 g/mol. The van der Waals surface area contributed by atoms with Gasteiger partial charge in [-0.2, -0.15) is 0 Å². The highest BCUT2D eigenvalue weighted by molar-refractivity contribution is 6.42. The van der Waals surface area contributed by atoms with Crippen LogP contribution in [0.3, 0.4) is 0 Å². The number of carbonyl (C=O) groups is 1. The lowest BCUT2D eigenvalue weighted by Gasteiger charge is -2.32. The molecule has 1 aromatic carbocycles. The number of likely N-dealkylation sites (tertiary alicyclic amines) is 1. The van der Waals surface area contributed by atoms with E-state index >= 15 is 0 Å². The van der Waals surface area contributed by atoms with Gasteiger partial charge in [-0.25, -0.2) is 0 Å². The molecule has 0 atom stereocenters. The number of halogens is 3. The quantitative estimate of drug-likeness (QED) is 0.842. The van der Waals surface area contributed by atoms with Gasteiger partial charge < -0.3 is 5.32 Å². The molecule has 116 valence electrons. The molecule has 1 heterocycles. The molecular formula is C15H19Cl3N2O. The fourth-order valence-corrected chi connectivity index (χ4v) is 3.07. The Morgan fingerprint density at radius 1 is 1.33 bits per heavy atom. The van der Waals surface area contributed by atoms with Crippen molar-refractivity contribution in [1.82, 2.24) is 10.2 Å². The van der Waals surface area contributed by atoms with E-state index in [1.165, 1.54) is 5.56 Å². The Morgan fingerprint density at radius 3 is 2.62 bits per heavy atom. The van der Waals surface area contributed by atoms with E-state index < -0.39 is 0 Å². The molecule has 1 amide bonds. The van der Waals surface area contributed by atoms with Gasteiger partial charge in [-0.15, -0.1) is 11.6 Å². The summed E-state index contributed by atoms with van der Waals surface area (Å²) < 4.78 is 0. The summed E-state index contributed by atoms with van der Waals surface area (Å²) in [5, 5.41) is 4.18. The molecule has 6 heteroatoms. The second kappa shape index (κ2) is 7.68. The molecule has 0 saturated carbocycles. The summed E-state index contributed by atoms with van der Waals surface area (Å²) in [6.45, 7) is 4.76. The van der Waals surface area contributed by atoms with Gasteiger partial charge in [-0.1, -0.05) is 29.3 Å². The van der Waals surface area contributed by atoms with Crippen LogP contribution in [0.15, 0.2) is 12.1 Å². The zero-order valence-electron chi connectivity index (χ0n) is 12.0. The summed E-state index contributed by atoms with van der Waals surface area (Å²) in [6, 6.07) is 4.12. The van der Waals surface area contributed by atoms with Crippen LogP contribution in [0.1, 0.15) is 24.0 Å². The fourth-order valence-electron chi connectivity index (χ4n) is 2.61. The molecule has 1 aliphatic rings. The number of amides is 1. The average Bonchev–Trinajstić information content (AvgIpc) is 2.49. The van der Waals surface area contributed by atoms with Crippen molar-refractivity contribution >= 4 is 40.7 Å². The second-order valence-electron chi connectivity index (χ2n) is 5.40. The molecule has 3 nitrogen and oxygen atoms in total. The molecular weight excluding hydrogens is 331 g/mol. The number of hydrogen-bond donors (Lipinski definition) is 1. The second-order valence-corrected chi connectivity index (χ2v) is 6.45. The number of hydrogen-bond acceptors (Lipinski definition) is 2. The summed E-state index contributed by atoms with van der Waals surface area (Å²) in [5.41, 5.74) is 2.24.